The van der Waals surface area contributed by atoms with E-state index < -0.39 is 17.6 Å². The molecule has 0 saturated carbocycles. The van der Waals surface area contributed by atoms with Gasteiger partial charge < -0.3 is 10.6 Å². The van der Waals surface area contributed by atoms with E-state index in [4.69, 9.17) is 0 Å². The zero-order valence-corrected chi connectivity index (χ0v) is 20.7. The average Bonchev–Trinajstić information content (AvgIpc) is 3.36. The molecule has 0 bridgehead atoms. The summed E-state index contributed by atoms with van der Waals surface area (Å²) in [5.74, 6) is -0.315. The van der Waals surface area contributed by atoms with Gasteiger partial charge in [-0.05, 0) is 61.4 Å². The van der Waals surface area contributed by atoms with Crippen molar-refractivity contribution < 1.29 is 18.0 Å². The Kier molecular flexibility index (Phi) is 6.75. The Morgan fingerprint density at radius 2 is 1.77 bits per heavy atom. The maximum atomic E-state index is 13.6. The summed E-state index contributed by atoms with van der Waals surface area (Å²) >= 11 is 0. The van der Waals surface area contributed by atoms with Crippen molar-refractivity contribution in [1.29, 1.82) is 0 Å². The number of alkyl halides is 3. The molecule has 2 aromatic carbocycles. The number of hydrogen-bond donors (Lipinski definition) is 2. The molecule has 2 N–H and O–H groups in total. The lowest BCUT2D eigenvalue weighted by Gasteiger charge is -2.14. The fourth-order valence-corrected chi connectivity index (χ4v) is 3.75. The zero-order chi connectivity index (χ0) is 27.6. The van der Waals surface area contributed by atoms with Gasteiger partial charge in [0.15, 0.2) is 0 Å². The van der Waals surface area contributed by atoms with Crippen LogP contribution in [0.4, 0.5) is 30.5 Å². The standard InChI is InChI=1S/C27H21F3N8O/c1-16-13-34-38(15-16)21-11-19(27(28,29)30)10-20(12-21)35-25(39)18-4-3-17(2)23(9-18)37-26-33-6-5-22(36-26)24-14-31-7-8-32-24/h3-15H,1-2H3,(H,35,39)(H,33,36,37). The molecule has 0 aliphatic rings. The summed E-state index contributed by atoms with van der Waals surface area (Å²) in [6.07, 6.45) is 4.78. The number of halogens is 3. The SMILES string of the molecule is Cc1cnn(-c2cc(NC(=O)c3ccc(C)c(Nc4nccc(-c5cnccn5)n4)c3)cc(C(F)(F)F)c2)c1. The molecule has 0 aliphatic heterocycles. The molecule has 0 spiro atoms. The van der Waals surface area contributed by atoms with E-state index in [2.05, 4.69) is 35.7 Å². The highest BCUT2D eigenvalue weighted by Crippen LogP contribution is 2.33. The number of nitrogens with one attached hydrogen (secondary N) is 2. The van der Waals surface area contributed by atoms with Crippen molar-refractivity contribution in [2.45, 2.75) is 20.0 Å². The zero-order valence-electron chi connectivity index (χ0n) is 20.7. The third kappa shape index (κ3) is 5.90. The number of rotatable bonds is 6. The molecule has 5 rings (SSSR count). The third-order valence-electron chi connectivity index (χ3n) is 5.71. The van der Waals surface area contributed by atoms with Crippen LogP contribution >= 0.6 is 0 Å². The van der Waals surface area contributed by atoms with Gasteiger partial charge in [0.25, 0.3) is 5.91 Å². The number of nitrogens with zero attached hydrogens (tertiary/aromatic N) is 6. The van der Waals surface area contributed by atoms with Crippen LogP contribution < -0.4 is 10.6 Å². The van der Waals surface area contributed by atoms with Crippen molar-refractivity contribution in [3.8, 4) is 17.1 Å². The van der Waals surface area contributed by atoms with E-state index in [1.54, 1.807) is 62.2 Å². The normalized spacial score (nSPS) is 11.3. The lowest BCUT2D eigenvalue weighted by molar-refractivity contribution is -0.137. The Balaban J connectivity index is 1.41. The summed E-state index contributed by atoms with van der Waals surface area (Å²) in [5.41, 5.74) is 2.72. The molecule has 5 aromatic rings. The second kappa shape index (κ2) is 10.3. The van der Waals surface area contributed by atoms with E-state index in [-0.39, 0.29) is 22.9 Å². The largest absolute Gasteiger partial charge is 0.416 e. The summed E-state index contributed by atoms with van der Waals surface area (Å²) in [7, 11) is 0. The molecule has 196 valence electrons. The highest BCUT2D eigenvalue weighted by Gasteiger charge is 2.31. The molecule has 0 fully saturated rings. The van der Waals surface area contributed by atoms with Gasteiger partial charge in [0.2, 0.25) is 5.95 Å². The number of aromatic nitrogens is 6. The van der Waals surface area contributed by atoms with E-state index in [1.807, 2.05) is 6.92 Å². The average molecular weight is 531 g/mol. The fraction of sp³-hybridized carbons (Fsp3) is 0.111. The predicted molar refractivity (Wildman–Crippen MR) is 139 cm³/mol. The van der Waals surface area contributed by atoms with Crippen LogP contribution in [-0.4, -0.2) is 35.6 Å². The molecule has 0 radical (unpaired) electrons. The van der Waals surface area contributed by atoms with Gasteiger partial charge in [0.05, 0.1) is 29.3 Å². The number of benzene rings is 2. The number of amides is 1. The van der Waals surface area contributed by atoms with Crippen LogP contribution in [0.15, 0.2) is 79.6 Å². The van der Waals surface area contributed by atoms with E-state index in [9.17, 15) is 18.0 Å². The van der Waals surface area contributed by atoms with E-state index >= 15 is 0 Å². The molecule has 3 heterocycles. The van der Waals surface area contributed by atoms with Gasteiger partial charge in [-0.25, -0.2) is 14.6 Å². The smallest absolute Gasteiger partial charge is 0.324 e. The maximum Gasteiger partial charge on any atom is 0.416 e. The van der Waals surface area contributed by atoms with Crippen molar-refractivity contribution >= 4 is 23.2 Å². The summed E-state index contributed by atoms with van der Waals surface area (Å²) in [6, 6.07) is 9.86. The minimum atomic E-state index is -4.61. The van der Waals surface area contributed by atoms with E-state index in [1.165, 1.54) is 16.9 Å². The topological polar surface area (TPSA) is 111 Å². The van der Waals surface area contributed by atoms with Crippen molar-refractivity contribution in [1.82, 2.24) is 29.7 Å². The molecule has 0 atom stereocenters. The third-order valence-corrected chi connectivity index (χ3v) is 5.71. The lowest BCUT2D eigenvalue weighted by atomic mass is 10.1. The van der Waals surface area contributed by atoms with Gasteiger partial charge in [-0.15, -0.1) is 0 Å². The first-order valence-corrected chi connectivity index (χ1v) is 11.7. The Bertz CT molecular complexity index is 1650. The molecule has 0 aliphatic carbocycles. The first kappa shape index (κ1) is 25.5. The van der Waals surface area contributed by atoms with Crippen molar-refractivity contribution in [2.24, 2.45) is 0 Å². The molecule has 39 heavy (non-hydrogen) atoms. The minimum Gasteiger partial charge on any atom is -0.324 e. The number of carbonyl (C=O) groups is 1. The Morgan fingerprint density at radius 3 is 2.49 bits per heavy atom. The highest BCUT2D eigenvalue weighted by molar-refractivity contribution is 6.05. The predicted octanol–water partition coefficient (Wildman–Crippen LogP) is 5.75. The summed E-state index contributed by atoms with van der Waals surface area (Å²) in [6.45, 7) is 3.61. The van der Waals surface area contributed by atoms with Crippen LogP contribution in [0.2, 0.25) is 0 Å². The van der Waals surface area contributed by atoms with Crippen LogP contribution in [0, 0.1) is 13.8 Å². The van der Waals surface area contributed by atoms with Crippen LogP contribution in [0.3, 0.4) is 0 Å². The van der Waals surface area contributed by atoms with Gasteiger partial charge >= 0.3 is 6.18 Å². The molecule has 1 amide bonds. The number of hydrogen-bond acceptors (Lipinski definition) is 7. The van der Waals surface area contributed by atoms with Gasteiger partial charge in [-0.1, -0.05) is 6.07 Å². The maximum absolute atomic E-state index is 13.6. The van der Waals surface area contributed by atoms with Crippen LogP contribution in [0.1, 0.15) is 27.0 Å². The second-order valence-corrected chi connectivity index (χ2v) is 8.69. The first-order chi connectivity index (χ1) is 18.7. The van der Waals surface area contributed by atoms with Crippen LogP contribution in [0.25, 0.3) is 17.1 Å². The molecule has 0 saturated heterocycles. The van der Waals surface area contributed by atoms with Crippen molar-refractivity contribution in [3.05, 3.63) is 102 Å². The quantitative estimate of drug-likeness (QED) is 0.288. The second-order valence-electron chi connectivity index (χ2n) is 8.69. The molecular weight excluding hydrogens is 509 g/mol. The minimum absolute atomic E-state index is 0.0203. The monoisotopic (exact) mass is 530 g/mol. The Labute approximate surface area is 220 Å². The molecular formula is C27H21F3N8O. The number of carbonyl (C=O) groups excluding carboxylic acids is 1. The van der Waals surface area contributed by atoms with Crippen molar-refractivity contribution in [2.75, 3.05) is 10.6 Å². The summed E-state index contributed by atoms with van der Waals surface area (Å²) < 4.78 is 42.1. The van der Waals surface area contributed by atoms with Gasteiger partial charge in [0.1, 0.15) is 5.69 Å². The first-order valence-electron chi connectivity index (χ1n) is 11.7. The molecule has 0 unspecified atom stereocenters. The van der Waals surface area contributed by atoms with Gasteiger partial charge in [0, 0.05) is 41.7 Å². The molecule has 9 nitrogen and oxygen atoms in total. The van der Waals surface area contributed by atoms with E-state index in [0.29, 0.717) is 17.1 Å². The summed E-state index contributed by atoms with van der Waals surface area (Å²) in [5, 5.41) is 9.75. The number of aryl methyl sites for hydroxylation is 2. The number of anilines is 3. The Morgan fingerprint density at radius 1 is 0.923 bits per heavy atom. The van der Waals surface area contributed by atoms with Gasteiger partial charge in [-0.2, -0.15) is 18.3 Å². The lowest BCUT2D eigenvalue weighted by Crippen LogP contribution is -2.14. The van der Waals surface area contributed by atoms with Gasteiger partial charge in [-0.3, -0.25) is 14.8 Å². The Hall–Kier alpha value is -5.13. The van der Waals surface area contributed by atoms with Crippen molar-refractivity contribution in [3.63, 3.8) is 0 Å². The highest BCUT2D eigenvalue weighted by atomic mass is 19.4. The summed E-state index contributed by atoms with van der Waals surface area (Å²) in [4.78, 5) is 30.1. The van der Waals surface area contributed by atoms with E-state index in [0.717, 1.165) is 23.3 Å². The van der Waals surface area contributed by atoms with Crippen LogP contribution in [-0.2, 0) is 6.18 Å². The van der Waals surface area contributed by atoms with Crippen LogP contribution in [0.5, 0.6) is 0 Å². The fourth-order valence-electron chi connectivity index (χ4n) is 3.75. The molecule has 3 aromatic heterocycles. The molecule has 12 heteroatoms.